The predicted octanol–water partition coefficient (Wildman–Crippen LogP) is 19.2. The number of unbranched alkanes of at least 4 members (excludes halogenated alkanes) is 42. The zero-order valence-electron chi connectivity index (χ0n) is 49.0. The molecule has 72 heavy (non-hydrogen) atoms. The molecule has 0 aliphatic heterocycles. The molecule has 0 aliphatic carbocycles. The van der Waals surface area contributed by atoms with Gasteiger partial charge in [-0.05, 0) is 31.8 Å². The maximum Gasteiger partial charge on any atom is 0.472 e. The molecule has 0 radical (unpaired) electrons. The Bertz CT molecular complexity index is 1240. The number of nitrogens with one attached hydrogen (secondary N) is 1. The van der Waals surface area contributed by atoms with E-state index in [0.717, 1.165) is 57.8 Å². The van der Waals surface area contributed by atoms with Gasteiger partial charge in [-0.15, -0.1) is 0 Å². The molecular formula is C62H124N2O7P+. The van der Waals surface area contributed by atoms with E-state index in [9.17, 15) is 19.0 Å². The van der Waals surface area contributed by atoms with Crippen LogP contribution < -0.4 is 5.32 Å². The molecule has 0 rings (SSSR count). The Morgan fingerprint density at radius 3 is 1.14 bits per heavy atom. The third-order valence-electron chi connectivity index (χ3n) is 14.5. The van der Waals surface area contributed by atoms with Crippen LogP contribution >= 0.6 is 7.82 Å². The summed E-state index contributed by atoms with van der Waals surface area (Å²) in [4.78, 5) is 37.7. The molecule has 3 unspecified atom stereocenters. The maximum absolute atomic E-state index is 13.5. The Hall–Kier alpha value is -1.25. The minimum Gasteiger partial charge on any atom is -0.456 e. The summed E-state index contributed by atoms with van der Waals surface area (Å²) in [6.07, 6.45) is 60.6. The number of amides is 1. The zero-order valence-corrected chi connectivity index (χ0v) is 49.9. The Kier molecular flexibility index (Phi) is 52.2. The first-order valence-corrected chi connectivity index (χ1v) is 33.0. The molecule has 0 aromatic carbocycles. The van der Waals surface area contributed by atoms with E-state index < -0.39 is 20.0 Å². The van der Waals surface area contributed by atoms with E-state index in [-0.39, 0.29) is 25.1 Å². The third kappa shape index (κ3) is 53.6. The van der Waals surface area contributed by atoms with Crippen molar-refractivity contribution in [3.63, 3.8) is 0 Å². The zero-order chi connectivity index (χ0) is 52.9. The third-order valence-corrected chi connectivity index (χ3v) is 15.5. The van der Waals surface area contributed by atoms with Gasteiger partial charge < -0.3 is 19.4 Å². The quantitative estimate of drug-likeness (QED) is 0.0205. The summed E-state index contributed by atoms with van der Waals surface area (Å²) in [6.45, 7) is 7.07. The largest absolute Gasteiger partial charge is 0.472 e. The van der Waals surface area contributed by atoms with Gasteiger partial charge in [-0.1, -0.05) is 290 Å². The van der Waals surface area contributed by atoms with Crippen LogP contribution in [0.2, 0.25) is 0 Å². The van der Waals surface area contributed by atoms with Gasteiger partial charge in [-0.2, -0.15) is 0 Å². The Morgan fingerprint density at radius 2 is 0.792 bits per heavy atom. The van der Waals surface area contributed by atoms with Gasteiger partial charge in [0, 0.05) is 12.8 Å². The first kappa shape index (κ1) is 70.8. The van der Waals surface area contributed by atoms with Gasteiger partial charge in [0.2, 0.25) is 5.91 Å². The van der Waals surface area contributed by atoms with Crippen LogP contribution in [-0.4, -0.2) is 74.3 Å². The topological polar surface area (TPSA) is 111 Å². The highest BCUT2D eigenvalue weighted by Gasteiger charge is 2.30. The smallest absolute Gasteiger partial charge is 0.456 e. The van der Waals surface area contributed by atoms with E-state index in [2.05, 4.69) is 26.1 Å². The standard InChI is InChI=1S/C62H123N2O7P/c1-7-10-13-16-19-22-25-28-30-31-32-33-34-37-40-43-46-49-52-55-62(66)71-60(53-50-47-44-41-38-35-27-24-21-18-15-12-9-3)59(58-70-72(67,68)69-57-56-64(4,5)6)63-61(65)54-51-48-45-42-39-36-29-26-23-20-17-14-11-8-2/h50,53,59-60H,7-49,51-52,54-58H2,1-6H3,(H-,63,65,67,68)/p+1/b53-50+. The molecular weight excluding hydrogens is 916 g/mol. The van der Waals surface area contributed by atoms with Gasteiger partial charge in [-0.25, -0.2) is 4.57 Å². The van der Waals surface area contributed by atoms with Crippen LogP contribution in [0, 0.1) is 0 Å². The second kappa shape index (κ2) is 53.2. The van der Waals surface area contributed by atoms with E-state index >= 15 is 0 Å². The number of ether oxygens (including phenoxy) is 1. The molecule has 0 aliphatic rings. The average Bonchev–Trinajstić information content (AvgIpc) is 3.34. The maximum atomic E-state index is 13.5. The van der Waals surface area contributed by atoms with Crippen LogP contribution in [0.15, 0.2) is 12.2 Å². The molecule has 0 spiro atoms. The van der Waals surface area contributed by atoms with Crippen molar-refractivity contribution in [2.45, 2.75) is 335 Å². The number of phosphoric acid groups is 1. The highest BCUT2D eigenvalue weighted by atomic mass is 31.2. The van der Waals surface area contributed by atoms with Crippen molar-refractivity contribution < 1.29 is 37.3 Å². The van der Waals surface area contributed by atoms with E-state index in [4.69, 9.17) is 13.8 Å². The molecule has 0 saturated carbocycles. The van der Waals surface area contributed by atoms with Crippen LogP contribution in [0.4, 0.5) is 0 Å². The van der Waals surface area contributed by atoms with Crippen LogP contribution in [0.3, 0.4) is 0 Å². The van der Waals surface area contributed by atoms with E-state index in [1.54, 1.807) is 0 Å². The van der Waals surface area contributed by atoms with Gasteiger partial charge in [-0.3, -0.25) is 18.6 Å². The molecule has 10 heteroatoms. The lowest BCUT2D eigenvalue weighted by atomic mass is 10.0. The molecule has 0 bridgehead atoms. The highest BCUT2D eigenvalue weighted by molar-refractivity contribution is 7.47. The summed E-state index contributed by atoms with van der Waals surface area (Å²) in [7, 11) is 1.52. The fraction of sp³-hybridized carbons (Fsp3) is 0.935. The summed E-state index contributed by atoms with van der Waals surface area (Å²) in [5, 5.41) is 3.06. The molecule has 3 atom stereocenters. The van der Waals surface area contributed by atoms with Crippen LogP contribution in [0.5, 0.6) is 0 Å². The number of esters is 1. The van der Waals surface area contributed by atoms with Crippen molar-refractivity contribution in [1.82, 2.24) is 5.32 Å². The average molecular weight is 1040 g/mol. The SMILES string of the molecule is CCCCCCCCCCCCC/C=C/C(OC(=O)CCCCCCCCCCCCCCCCCCCCC)C(COP(=O)(O)OCC[N+](C)(C)C)NC(=O)CCCCCCCCCCCCCCCC. The van der Waals surface area contributed by atoms with E-state index in [0.29, 0.717) is 23.9 Å². The second-order valence-electron chi connectivity index (χ2n) is 23.0. The normalized spacial score (nSPS) is 13.7. The van der Waals surface area contributed by atoms with Gasteiger partial charge in [0.05, 0.1) is 33.8 Å². The first-order valence-electron chi connectivity index (χ1n) is 31.5. The molecule has 2 N–H and O–H groups in total. The summed E-state index contributed by atoms with van der Waals surface area (Å²) in [5.74, 6) is -0.483. The number of nitrogens with zero attached hydrogens (tertiary/aromatic N) is 1. The summed E-state index contributed by atoms with van der Waals surface area (Å²) in [6, 6.07) is -0.839. The van der Waals surface area contributed by atoms with Crippen molar-refractivity contribution in [3.8, 4) is 0 Å². The van der Waals surface area contributed by atoms with Crippen LogP contribution in [-0.2, 0) is 27.9 Å². The highest BCUT2D eigenvalue weighted by Crippen LogP contribution is 2.43. The lowest BCUT2D eigenvalue weighted by molar-refractivity contribution is -0.870. The minimum atomic E-state index is -4.44. The molecule has 1 amide bonds. The Balaban J connectivity index is 5.21. The molecule has 0 aromatic heterocycles. The van der Waals surface area contributed by atoms with Gasteiger partial charge in [0.25, 0.3) is 0 Å². The number of phosphoric ester groups is 1. The lowest BCUT2D eigenvalue weighted by Crippen LogP contribution is -2.47. The number of quaternary nitrogens is 1. The van der Waals surface area contributed by atoms with Crippen molar-refractivity contribution in [1.29, 1.82) is 0 Å². The molecule has 0 aromatic rings. The van der Waals surface area contributed by atoms with Crippen molar-refractivity contribution in [2.24, 2.45) is 0 Å². The number of allylic oxidation sites excluding steroid dienone is 1. The van der Waals surface area contributed by atoms with Crippen LogP contribution in [0.25, 0.3) is 0 Å². The molecule has 9 nitrogen and oxygen atoms in total. The Morgan fingerprint density at radius 1 is 0.472 bits per heavy atom. The second-order valence-corrected chi connectivity index (χ2v) is 24.4. The number of likely N-dealkylation sites (N-methyl/N-ethyl adjacent to an activating group) is 1. The number of rotatable bonds is 58. The lowest BCUT2D eigenvalue weighted by Gasteiger charge is -2.27. The monoisotopic (exact) mass is 1040 g/mol. The fourth-order valence-electron chi connectivity index (χ4n) is 9.59. The number of hydrogen-bond donors (Lipinski definition) is 2. The van der Waals surface area contributed by atoms with E-state index in [1.165, 1.54) is 231 Å². The Labute approximate surface area is 448 Å². The number of carbonyl (C=O) groups is 2. The van der Waals surface area contributed by atoms with Crippen molar-refractivity contribution in [3.05, 3.63) is 12.2 Å². The predicted molar refractivity (Wildman–Crippen MR) is 310 cm³/mol. The molecule has 0 heterocycles. The van der Waals surface area contributed by atoms with Crippen molar-refractivity contribution >= 4 is 19.7 Å². The van der Waals surface area contributed by atoms with Crippen LogP contribution in [0.1, 0.15) is 323 Å². The summed E-state index contributed by atoms with van der Waals surface area (Å²) in [5.41, 5.74) is 0. The molecule has 0 fully saturated rings. The number of carbonyl (C=O) groups excluding carboxylic acids is 2. The molecule has 428 valence electrons. The first-order chi connectivity index (χ1) is 34.9. The van der Waals surface area contributed by atoms with Gasteiger partial charge in [0.15, 0.2) is 0 Å². The number of hydrogen-bond acceptors (Lipinski definition) is 6. The van der Waals surface area contributed by atoms with Gasteiger partial charge in [0.1, 0.15) is 19.3 Å². The summed E-state index contributed by atoms with van der Waals surface area (Å²) < 4.78 is 30.7. The fourth-order valence-corrected chi connectivity index (χ4v) is 10.3. The minimum absolute atomic E-state index is 0.0458. The molecule has 0 saturated heterocycles. The van der Waals surface area contributed by atoms with Gasteiger partial charge >= 0.3 is 13.8 Å². The van der Waals surface area contributed by atoms with Crippen molar-refractivity contribution in [2.75, 3.05) is 40.9 Å². The summed E-state index contributed by atoms with van der Waals surface area (Å²) >= 11 is 0. The van der Waals surface area contributed by atoms with E-state index in [1.807, 2.05) is 33.3 Å².